The summed E-state index contributed by atoms with van der Waals surface area (Å²) in [5.74, 6) is -2.05. The minimum atomic E-state index is -1.71. The quantitative estimate of drug-likeness (QED) is 0.331. The van der Waals surface area contributed by atoms with Gasteiger partial charge in [0.05, 0.1) is 24.1 Å². The zero-order valence-corrected chi connectivity index (χ0v) is 24.0. The Balaban J connectivity index is 1.16. The van der Waals surface area contributed by atoms with Crippen LogP contribution in [0.5, 0.6) is 0 Å². The molecule has 2 unspecified atom stereocenters. The van der Waals surface area contributed by atoms with Gasteiger partial charge in [-0.15, -0.1) is 0 Å². The Morgan fingerprint density at radius 2 is 1.74 bits per heavy atom. The molecule has 0 saturated carbocycles. The standard InChI is InChI=1S/C28H29ClF2N6O4S/c29-20-3-1-19(2-4-20)11-25-26(39)37(27(40)42-25)14-22(38)13-34-7-9-35(10-8-34)15-28(41,16-36-18-32-17-33-36)23-6-5-21(30)12-24(23)31/h1-6,11-12,17-18,22,38,41H,7-10,13-16H2/b25-11-. The van der Waals surface area contributed by atoms with Gasteiger partial charge in [-0.3, -0.25) is 24.3 Å². The Morgan fingerprint density at radius 1 is 1.02 bits per heavy atom. The van der Waals surface area contributed by atoms with Gasteiger partial charge in [0.2, 0.25) is 0 Å². The highest BCUT2D eigenvalue weighted by Crippen LogP contribution is 2.33. The Kier molecular flexibility index (Phi) is 9.35. The molecule has 2 aliphatic rings. The molecular formula is C28H29ClF2N6O4S. The van der Waals surface area contributed by atoms with Crippen LogP contribution in [0.1, 0.15) is 11.1 Å². The second-order valence-electron chi connectivity index (χ2n) is 10.3. The van der Waals surface area contributed by atoms with Crippen LogP contribution in [-0.2, 0) is 16.9 Å². The molecule has 10 nitrogen and oxygen atoms in total. The summed E-state index contributed by atoms with van der Waals surface area (Å²) >= 11 is 6.74. The molecular weight excluding hydrogens is 590 g/mol. The molecule has 0 aliphatic carbocycles. The summed E-state index contributed by atoms with van der Waals surface area (Å²) in [4.78, 5) is 34.5. The lowest BCUT2D eigenvalue weighted by Gasteiger charge is -2.40. The summed E-state index contributed by atoms with van der Waals surface area (Å²) in [7, 11) is 0. The zero-order chi connectivity index (χ0) is 29.9. The molecule has 5 rings (SSSR count). The Bertz CT molecular complexity index is 1450. The van der Waals surface area contributed by atoms with E-state index in [0.29, 0.717) is 31.2 Å². The largest absolute Gasteiger partial charge is 0.390 e. The molecule has 3 aromatic rings. The number of carbonyl (C=O) groups is 2. The fourth-order valence-corrected chi connectivity index (χ4v) is 6.08. The van der Waals surface area contributed by atoms with Gasteiger partial charge in [0.1, 0.15) is 29.9 Å². The van der Waals surface area contributed by atoms with Crippen molar-refractivity contribution in [2.24, 2.45) is 0 Å². The van der Waals surface area contributed by atoms with Crippen LogP contribution >= 0.6 is 23.4 Å². The van der Waals surface area contributed by atoms with Crippen LogP contribution in [0.25, 0.3) is 6.08 Å². The van der Waals surface area contributed by atoms with Crippen molar-refractivity contribution in [3.63, 3.8) is 0 Å². The topological polar surface area (TPSA) is 115 Å². The van der Waals surface area contributed by atoms with E-state index >= 15 is 0 Å². The summed E-state index contributed by atoms with van der Waals surface area (Å²) in [5.41, 5.74) is -1.02. The minimum Gasteiger partial charge on any atom is -0.390 e. The number of thioether (sulfide) groups is 1. The molecule has 42 heavy (non-hydrogen) atoms. The fourth-order valence-electron chi connectivity index (χ4n) is 5.10. The first-order valence-electron chi connectivity index (χ1n) is 13.2. The first kappa shape index (κ1) is 30.3. The van der Waals surface area contributed by atoms with Crippen LogP contribution in [0.15, 0.2) is 60.0 Å². The van der Waals surface area contributed by atoms with Gasteiger partial charge in [-0.05, 0) is 41.6 Å². The van der Waals surface area contributed by atoms with Crippen LogP contribution in [0.2, 0.25) is 5.02 Å². The molecule has 0 bridgehead atoms. The van der Waals surface area contributed by atoms with E-state index in [0.717, 1.165) is 34.4 Å². The number of aromatic nitrogens is 3. The molecule has 3 heterocycles. The third-order valence-corrected chi connectivity index (χ3v) is 8.34. The number of benzene rings is 2. The highest BCUT2D eigenvalue weighted by molar-refractivity contribution is 8.18. The number of imide groups is 1. The van der Waals surface area contributed by atoms with Gasteiger partial charge >= 0.3 is 0 Å². The van der Waals surface area contributed by atoms with Crippen molar-refractivity contribution < 1.29 is 28.6 Å². The first-order valence-corrected chi connectivity index (χ1v) is 14.4. The van der Waals surface area contributed by atoms with Crippen molar-refractivity contribution in [2.45, 2.75) is 18.2 Å². The van der Waals surface area contributed by atoms with Gasteiger partial charge in [-0.25, -0.2) is 18.4 Å². The average molecular weight is 619 g/mol. The van der Waals surface area contributed by atoms with Crippen LogP contribution in [0.4, 0.5) is 13.6 Å². The monoisotopic (exact) mass is 618 g/mol. The van der Waals surface area contributed by atoms with Gasteiger partial charge in [-0.2, -0.15) is 5.10 Å². The summed E-state index contributed by atoms with van der Waals surface area (Å²) in [5, 5.41) is 26.5. The van der Waals surface area contributed by atoms with Crippen molar-refractivity contribution in [3.05, 3.63) is 87.8 Å². The highest BCUT2D eigenvalue weighted by atomic mass is 35.5. The van der Waals surface area contributed by atoms with Crippen molar-refractivity contribution in [1.82, 2.24) is 29.5 Å². The molecule has 222 valence electrons. The zero-order valence-electron chi connectivity index (χ0n) is 22.4. The summed E-state index contributed by atoms with van der Waals surface area (Å²) in [6.45, 7) is 2.13. The van der Waals surface area contributed by atoms with Gasteiger partial charge in [0.15, 0.2) is 0 Å². The number of piperazine rings is 1. The lowest BCUT2D eigenvalue weighted by molar-refractivity contribution is -0.123. The Labute approximate surface area is 250 Å². The smallest absolute Gasteiger partial charge is 0.293 e. The maximum Gasteiger partial charge on any atom is 0.293 e. The van der Waals surface area contributed by atoms with E-state index in [-0.39, 0.29) is 36.6 Å². The summed E-state index contributed by atoms with van der Waals surface area (Å²) < 4.78 is 29.7. The second kappa shape index (κ2) is 13.0. The van der Waals surface area contributed by atoms with E-state index < -0.39 is 34.5 Å². The van der Waals surface area contributed by atoms with E-state index in [1.165, 1.54) is 23.4 Å². The number of rotatable bonds is 10. The van der Waals surface area contributed by atoms with Gasteiger partial charge in [-0.1, -0.05) is 29.8 Å². The number of β-amino-alcohol motifs (C(OH)–C–C–N with tert-alkyl or cyclic N) is 2. The Hall–Kier alpha value is -3.20. The molecule has 1 aromatic heterocycles. The fraction of sp³-hybridized carbons (Fsp3) is 0.357. The van der Waals surface area contributed by atoms with Crippen LogP contribution in [0.3, 0.4) is 0 Å². The number of hydrogen-bond acceptors (Lipinski definition) is 9. The third kappa shape index (κ3) is 7.22. The number of nitrogens with zero attached hydrogens (tertiary/aromatic N) is 6. The van der Waals surface area contributed by atoms with E-state index in [9.17, 15) is 28.6 Å². The molecule has 0 radical (unpaired) electrons. The third-order valence-electron chi connectivity index (χ3n) is 7.18. The van der Waals surface area contributed by atoms with E-state index in [1.54, 1.807) is 30.3 Å². The molecule has 2 saturated heterocycles. The van der Waals surface area contributed by atoms with Crippen LogP contribution < -0.4 is 0 Å². The predicted molar refractivity (Wildman–Crippen MR) is 153 cm³/mol. The lowest BCUT2D eigenvalue weighted by Crippen LogP contribution is -2.54. The first-order chi connectivity index (χ1) is 20.1. The SMILES string of the molecule is O=C1S/C(=C\c2ccc(Cl)cc2)C(=O)N1CC(O)CN1CCN(CC(O)(Cn2cncn2)c2ccc(F)cc2F)CC1. The van der Waals surface area contributed by atoms with Crippen LogP contribution in [0, 0.1) is 11.6 Å². The predicted octanol–water partition coefficient (Wildman–Crippen LogP) is 2.81. The number of carbonyl (C=O) groups excluding carboxylic acids is 2. The maximum atomic E-state index is 14.7. The second-order valence-corrected chi connectivity index (χ2v) is 11.8. The molecule has 2 N–H and O–H groups in total. The van der Waals surface area contributed by atoms with Crippen LogP contribution in [-0.4, -0.2) is 103 Å². The van der Waals surface area contributed by atoms with Gasteiger partial charge in [0.25, 0.3) is 11.1 Å². The van der Waals surface area contributed by atoms with E-state index in [4.69, 9.17) is 11.6 Å². The molecule has 2 atom stereocenters. The molecule has 2 aliphatic heterocycles. The van der Waals surface area contributed by atoms with Crippen molar-refractivity contribution in [3.8, 4) is 0 Å². The molecule has 14 heteroatoms. The van der Waals surface area contributed by atoms with Gasteiger partial charge < -0.3 is 10.2 Å². The van der Waals surface area contributed by atoms with Gasteiger partial charge in [0, 0.05) is 55.9 Å². The van der Waals surface area contributed by atoms with E-state index in [1.807, 2.05) is 9.80 Å². The molecule has 2 fully saturated rings. The number of aliphatic hydroxyl groups excluding tert-OH is 1. The van der Waals surface area contributed by atoms with Crippen molar-refractivity contribution in [1.29, 1.82) is 0 Å². The molecule has 2 amide bonds. The normalized spacial score (nSPS) is 19.9. The highest BCUT2D eigenvalue weighted by Gasteiger charge is 2.38. The Morgan fingerprint density at radius 3 is 2.40 bits per heavy atom. The van der Waals surface area contributed by atoms with E-state index in [2.05, 4.69) is 10.1 Å². The molecule has 2 aromatic carbocycles. The minimum absolute atomic E-state index is 0.0421. The summed E-state index contributed by atoms with van der Waals surface area (Å²) in [6, 6.07) is 9.97. The maximum absolute atomic E-state index is 14.7. The van der Waals surface area contributed by atoms with Crippen molar-refractivity contribution in [2.75, 3.05) is 45.8 Å². The average Bonchev–Trinajstić information content (AvgIpc) is 3.54. The number of amides is 2. The number of halogens is 3. The summed E-state index contributed by atoms with van der Waals surface area (Å²) in [6.07, 6.45) is 3.38. The number of hydrogen-bond donors (Lipinski definition) is 2. The molecule has 0 spiro atoms. The number of aliphatic hydroxyl groups is 2. The van der Waals surface area contributed by atoms with Crippen molar-refractivity contribution >= 4 is 40.6 Å². The lowest BCUT2D eigenvalue weighted by atomic mass is 9.92.